The SMILES string of the molecule is CCCNC(Cc1ccsc1)CC1OCCO1. The molecule has 17 heavy (non-hydrogen) atoms. The van der Waals surface area contributed by atoms with Gasteiger partial charge in [-0.1, -0.05) is 6.92 Å². The molecule has 1 aliphatic heterocycles. The molecule has 96 valence electrons. The Morgan fingerprint density at radius 1 is 1.47 bits per heavy atom. The fourth-order valence-corrected chi connectivity index (χ4v) is 2.74. The van der Waals surface area contributed by atoms with Crippen LogP contribution in [0.25, 0.3) is 0 Å². The molecule has 0 radical (unpaired) electrons. The van der Waals surface area contributed by atoms with Gasteiger partial charge in [-0.2, -0.15) is 11.3 Å². The Bertz CT molecular complexity index is 296. The van der Waals surface area contributed by atoms with Gasteiger partial charge in [0, 0.05) is 12.5 Å². The minimum absolute atomic E-state index is 0.0111. The van der Waals surface area contributed by atoms with Crippen LogP contribution in [0.2, 0.25) is 0 Å². The summed E-state index contributed by atoms with van der Waals surface area (Å²) in [7, 11) is 0. The fraction of sp³-hybridized carbons (Fsp3) is 0.692. The van der Waals surface area contributed by atoms with E-state index in [4.69, 9.17) is 9.47 Å². The van der Waals surface area contributed by atoms with Crippen molar-refractivity contribution in [3.63, 3.8) is 0 Å². The van der Waals surface area contributed by atoms with Gasteiger partial charge < -0.3 is 14.8 Å². The van der Waals surface area contributed by atoms with Crippen LogP contribution in [-0.4, -0.2) is 32.1 Å². The highest BCUT2D eigenvalue weighted by atomic mass is 32.1. The van der Waals surface area contributed by atoms with E-state index >= 15 is 0 Å². The summed E-state index contributed by atoms with van der Waals surface area (Å²) in [4.78, 5) is 0. The lowest BCUT2D eigenvalue weighted by Crippen LogP contribution is -2.35. The van der Waals surface area contributed by atoms with Crippen LogP contribution in [0.1, 0.15) is 25.3 Å². The molecule has 1 saturated heterocycles. The number of hydrogen-bond donors (Lipinski definition) is 1. The smallest absolute Gasteiger partial charge is 0.159 e. The molecule has 1 N–H and O–H groups in total. The molecule has 1 fully saturated rings. The average Bonchev–Trinajstić information content (AvgIpc) is 2.99. The maximum Gasteiger partial charge on any atom is 0.159 e. The summed E-state index contributed by atoms with van der Waals surface area (Å²) in [6, 6.07) is 2.65. The lowest BCUT2D eigenvalue weighted by atomic mass is 10.1. The van der Waals surface area contributed by atoms with E-state index < -0.39 is 0 Å². The van der Waals surface area contributed by atoms with Crippen LogP contribution in [0.15, 0.2) is 16.8 Å². The number of thiophene rings is 1. The lowest BCUT2D eigenvalue weighted by molar-refractivity contribution is -0.0526. The van der Waals surface area contributed by atoms with Crippen molar-refractivity contribution in [2.24, 2.45) is 0 Å². The summed E-state index contributed by atoms with van der Waals surface area (Å²) >= 11 is 1.76. The molecule has 2 rings (SSSR count). The molecule has 0 saturated carbocycles. The first-order valence-corrected chi connectivity index (χ1v) is 7.30. The second-order valence-corrected chi connectivity index (χ2v) is 5.17. The summed E-state index contributed by atoms with van der Waals surface area (Å²) < 4.78 is 11.0. The Morgan fingerprint density at radius 2 is 2.29 bits per heavy atom. The third-order valence-electron chi connectivity index (χ3n) is 2.91. The molecular weight excluding hydrogens is 234 g/mol. The van der Waals surface area contributed by atoms with Crippen molar-refractivity contribution in [2.75, 3.05) is 19.8 Å². The summed E-state index contributed by atoms with van der Waals surface area (Å²) in [5, 5.41) is 7.93. The van der Waals surface area contributed by atoms with E-state index in [0.29, 0.717) is 6.04 Å². The molecule has 0 amide bonds. The standard InChI is InChI=1S/C13H21NO2S/c1-2-4-14-12(8-11-3-7-17-10-11)9-13-15-5-6-16-13/h3,7,10,12-14H,2,4-6,8-9H2,1H3. The molecule has 0 aliphatic carbocycles. The summed E-state index contributed by atoms with van der Waals surface area (Å²) in [6.07, 6.45) is 3.15. The molecule has 2 heterocycles. The Kier molecular flexibility index (Phi) is 5.45. The molecule has 1 aromatic rings. The minimum Gasteiger partial charge on any atom is -0.350 e. The zero-order valence-electron chi connectivity index (χ0n) is 10.4. The van der Waals surface area contributed by atoms with E-state index in [-0.39, 0.29) is 6.29 Å². The normalized spacial score (nSPS) is 18.6. The molecule has 0 aromatic carbocycles. The number of ether oxygens (including phenoxy) is 2. The summed E-state index contributed by atoms with van der Waals surface area (Å²) in [6.45, 7) is 4.73. The third-order valence-corrected chi connectivity index (χ3v) is 3.65. The van der Waals surface area contributed by atoms with Crippen molar-refractivity contribution in [1.29, 1.82) is 0 Å². The van der Waals surface area contributed by atoms with Gasteiger partial charge in [0.2, 0.25) is 0 Å². The number of hydrogen-bond acceptors (Lipinski definition) is 4. The highest BCUT2D eigenvalue weighted by molar-refractivity contribution is 7.07. The zero-order valence-corrected chi connectivity index (χ0v) is 11.2. The van der Waals surface area contributed by atoms with Crippen LogP contribution in [-0.2, 0) is 15.9 Å². The van der Waals surface area contributed by atoms with Gasteiger partial charge >= 0.3 is 0 Å². The van der Waals surface area contributed by atoms with E-state index in [9.17, 15) is 0 Å². The van der Waals surface area contributed by atoms with Gasteiger partial charge in [0.15, 0.2) is 6.29 Å². The van der Waals surface area contributed by atoms with Gasteiger partial charge in [0.05, 0.1) is 13.2 Å². The molecule has 1 atom stereocenters. The van der Waals surface area contributed by atoms with Crippen molar-refractivity contribution in [2.45, 2.75) is 38.5 Å². The largest absolute Gasteiger partial charge is 0.350 e. The molecular formula is C13H21NO2S. The van der Waals surface area contributed by atoms with Gasteiger partial charge in [-0.05, 0) is 41.8 Å². The second-order valence-electron chi connectivity index (χ2n) is 4.39. The number of nitrogens with one attached hydrogen (secondary N) is 1. The van der Waals surface area contributed by atoms with E-state index in [2.05, 4.69) is 29.1 Å². The molecule has 3 nitrogen and oxygen atoms in total. The summed E-state index contributed by atoms with van der Waals surface area (Å²) in [5.41, 5.74) is 1.40. The fourth-order valence-electron chi connectivity index (χ4n) is 2.06. The van der Waals surface area contributed by atoms with Gasteiger partial charge in [0.25, 0.3) is 0 Å². The maximum atomic E-state index is 5.52. The Balaban J connectivity index is 1.83. The van der Waals surface area contributed by atoms with Crippen molar-refractivity contribution in [1.82, 2.24) is 5.32 Å². The van der Waals surface area contributed by atoms with Crippen molar-refractivity contribution >= 4 is 11.3 Å². The Hall–Kier alpha value is -0.420. The Morgan fingerprint density at radius 3 is 2.94 bits per heavy atom. The van der Waals surface area contributed by atoms with Crippen LogP contribution < -0.4 is 5.32 Å². The Labute approximate surface area is 107 Å². The monoisotopic (exact) mass is 255 g/mol. The zero-order chi connectivity index (χ0) is 11.9. The first-order valence-electron chi connectivity index (χ1n) is 6.36. The van der Waals surface area contributed by atoms with Gasteiger partial charge in [-0.25, -0.2) is 0 Å². The highest BCUT2D eigenvalue weighted by Crippen LogP contribution is 2.15. The topological polar surface area (TPSA) is 30.5 Å². The third kappa shape index (κ3) is 4.39. The van der Waals surface area contributed by atoms with E-state index in [0.717, 1.165) is 39.0 Å². The molecule has 1 unspecified atom stereocenters. The molecule has 1 aliphatic rings. The molecule has 0 spiro atoms. The van der Waals surface area contributed by atoms with Gasteiger partial charge in [0.1, 0.15) is 0 Å². The van der Waals surface area contributed by atoms with Crippen LogP contribution in [0.3, 0.4) is 0 Å². The first-order chi connectivity index (χ1) is 8.38. The van der Waals surface area contributed by atoms with Crippen LogP contribution in [0, 0.1) is 0 Å². The quantitative estimate of drug-likeness (QED) is 0.811. The first kappa shape index (κ1) is 13.0. The van der Waals surface area contributed by atoms with Crippen molar-refractivity contribution in [3.05, 3.63) is 22.4 Å². The summed E-state index contributed by atoms with van der Waals surface area (Å²) in [5.74, 6) is 0. The van der Waals surface area contributed by atoms with Crippen molar-refractivity contribution in [3.8, 4) is 0 Å². The van der Waals surface area contributed by atoms with Crippen LogP contribution in [0.5, 0.6) is 0 Å². The molecule has 0 bridgehead atoms. The van der Waals surface area contributed by atoms with E-state index in [1.807, 2.05) is 0 Å². The van der Waals surface area contributed by atoms with Crippen LogP contribution in [0.4, 0.5) is 0 Å². The second kappa shape index (κ2) is 7.11. The van der Waals surface area contributed by atoms with Gasteiger partial charge in [-0.15, -0.1) is 0 Å². The van der Waals surface area contributed by atoms with Crippen LogP contribution >= 0.6 is 11.3 Å². The lowest BCUT2D eigenvalue weighted by Gasteiger charge is -2.20. The number of rotatable bonds is 7. The highest BCUT2D eigenvalue weighted by Gasteiger charge is 2.21. The average molecular weight is 255 g/mol. The predicted octanol–water partition coefficient (Wildman–Crippen LogP) is 2.42. The van der Waals surface area contributed by atoms with E-state index in [1.165, 1.54) is 5.56 Å². The molecule has 1 aromatic heterocycles. The van der Waals surface area contributed by atoms with E-state index in [1.54, 1.807) is 11.3 Å². The van der Waals surface area contributed by atoms with Gasteiger partial charge in [-0.3, -0.25) is 0 Å². The van der Waals surface area contributed by atoms with Crippen molar-refractivity contribution < 1.29 is 9.47 Å². The predicted molar refractivity (Wildman–Crippen MR) is 70.4 cm³/mol. The molecule has 4 heteroatoms. The minimum atomic E-state index is -0.0111. The maximum absolute atomic E-state index is 5.52.